The third kappa shape index (κ3) is 6.33. The first-order valence-electron chi connectivity index (χ1n) is 10.9. The Bertz CT molecular complexity index is 1330. The van der Waals surface area contributed by atoms with Crippen LogP contribution >= 0.6 is 23.2 Å². The molecular weight excluding hydrogens is 509 g/mol. The highest BCUT2D eigenvalue weighted by Crippen LogP contribution is 2.35. The molecule has 2 N–H and O–H groups in total. The lowest BCUT2D eigenvalue weighted by Gasteiger charge is -2.25. The lowest BCUT2D eigenvalue weighted by molar-refractivity contribution is -0.114. The number of benzene rings is 3. The van der Waals surface area contributed by atoms with Crippen LogP contribution in [0.4, 0.5) is 11.4 Å². The molecule has 35 heavy (non-hydrogen) atoms. The van der Waals surface area contributed by atoms with Gasteiger partial charge in [-0.05, 0) is 49.7 Å². The summed E-state index contributed by atoms with van der Waals surface area (Å²) in [5, 5.41) is 5.56. The van der Waals surface area contributed by atoms with Gasteiger partial charge in [-0.3, -0.25) is 13.9 Å². The van der Waals surface area contributed by atoms with Gasteiger partial charge in [0.05, 0.1) is 31.9 Å². The first-order chi connectivity index (χ1) is 16.6. The highest BCUT2D eigenvalue weighted by Gasteiger charge is 2.29. The molecule has 10 heteroatoms. The Morgan fingerprint density at radius 2 is 1.63 bits per heavy atom. The molecule has 0 aliphatic heterocycles. The second-order valence-corrected chi connectivity index (χ2v) is 10.4. The monoisotopic (exact) mass is 533 g/mol. The number of hydrogen-bond donors (Lipinski definition) is 2. The van der Waals surface area contributed by atoms with Crippen molar-refractivity contribution >= 4 is 56.4 Å². The molecule has 0 radical (unpaired) electrons. The Balaban J connectivity index is 1.96. The fraction of sp³-hybridized carbons (Fsp3) is 0.200. The number of aryl methyl sites for hydroxylation is 1. The number of carbonyl (C=O) groups excluding carboxylic acids is 2. The normalized spacial score (nSPS) is 11.1. The van der Waals surface area contributed by atoms with Crippen LogP contribution in [0.3, 0.4) is 0 Å². The van der Waals surface area contributed by atoms with Gasteiger partial charge in [0, 0.05) is 6.54 Å². The highest BCUT2D eigenvalue weighted by molar-refractivity contribution is 7.92. The average molecular weight is 534 g/mol. The van der Waals surface area contributed by atoms with Gasteiger partial charge >= 0.3 is 0 Å². The van der Waals surface area contributed by atoms with Crippen molar-refractivity contribution in [3.05, 3.63) is 87.9 Å². The Hall–Kier alpha value is -3.07. The van der Waals surface area contributed by atoms with Crippen LogP contribution in [0.5, 0.6) is 0 Å². The number of carbonyl (C=O) groups is 2. The van der Waals surface area contributed by atoms with Gasteiger partial charge in [-0.2, -0.15) is 0 Å². The first kappa shape index (κ1) is 26.5. The maximum atomic E-state index is 13.6. The molecule has 3 rings (SSSR count). The third-order valence-corrected chi connectivity index (χ3v) is 7.66. The summed E-state index contributed by atoms with van der Waals surface area (Å²) in [6.07, 6.45) is 0.756. The number of hydrogen-bond acceptors (Lipinski definition) is 4. The van der Waals surface area contributed by atoms with Gasteiger partial charge in [-0.15, -0.1) is 0 Å². The summed E-state index contributed by atoms with van der Waals surface area (Å²) < 4.78 is 28.0. The van der Waals surface area contributed by atoms with E-state index < -0.39 is 22.5 Å². The lowest BCUT2D eigenvalue weighted by atomic mass is 10.1. The van der Waals surface area contributed by atoms with Crippen molar-refractivity contribution in [3.8, 4) is 0 Å². The van der Waals surface area contributed by atoms with Crippen molar-refractivity contribution in [1.29, 1.82) is 0 Å². The zero-order valence-corrected chi connectivity index (χ0v) is 21.5. The number of rotatable bonds is 9. The molecule has 0 bridgehead atoms. The second-order valence-electron chi connectivity index (χ2n) is 7.75. The predicted octanol–water partition coefficient (Wildman–Crippen LogP) is 5.28. The van der Waals surface area contributed by atoms with Crippen LogP contribution in [-0.2, 0) is 14.8 Å². The van der Waals surface area contributed by atoms with E-state index in [1.807, 2.05) is 13.8 Å². The minimum atomic E-state index is -4.19. The summed E-state index contributed by atoms with van der Waals surface area (Å²) >= 11 is 12.5. The van der Waals surface area contributed by atoms with Crippen LogP contribution in [-0.4, -0.2) is 33.3 Å². The average Bonchev–Trinajstić information content (AvgIpc) is 2.83. The van der Waals surface area contributed by atoms with Crippen molar-refractivity contribution < 1.29 is 18.0 Å². The van der Waals surface area contributed by atoms with E-state index in [9.17, 15) is 18.0 Å². The molecule has 0 aliphatic rings. The topological polar surface area (TPSA) is 95.6 Å². The summed E-state index contributed by atoms with van der Waals surface area (Å²) in [6.45, 7) is 3.65. The molecule has 0 heterocycles. The lowest BCUT2D eigenvalue weighted by Crippen LogP contribution is -2.38. The minimum Gasteiger partial charge on any atom is -0.352 e. The van der Waals surface area contributed by atoms with Crippen molar-refractivity contribution in [1.82, 2.24) is 5.32 Å². The molecule has 3 aromatic carbocycles. The zero-order chi connectivity index (χ0) is 25.6. The van der Waals surface area contributed by atoms with Gasteiger partial charge < -0.3 is 10.6 Å². The predicted molar refractivity (Wildman–Crippen MR) is 140 cm³/mol. The molecule has 0 fully saturated rings. The number of sulfonamides is 1. The van der Waals surface area contributed by atoms with E-state index in [-0.39, 0.29) is 37.8 Å². The second kappa shape index (κ2) is 11.6. The number of amides is 2. The largest absolute Gasteiger partial charge is 0.352 e. The van der Waals surface area contributed by atoms with Crippen molar-refractivity contribution in [2.45, 2.75) is 25.2 Å². The van der Waals surface area contributed by atoms with Crippen molar-refractivity contribution in [2.24, 2.45) is 0 Å². The van der Waals surface area contributed by atoms with Gasteiger partial charge in [0.15, 0.2) is 0 Å². The Kier molecular flexibility index (Phi) is 8.77. The molecule has 184 valence electrons. The third-order valence-electron chi connectivity index (χ3n) is 5.08. The van der Waals surface area contributed by atoms with E-state index in [0.717, 1.165) is 16.3 Å². The first-order valence-corrected chi connectivity index (χ1v) is 13.0. The smallest absolute Gasteiger partial charge is 0.264 e. The van der Waals surface area contributed by atoms with Crippen LogP contribution in [0.2, 0.25) is 10.0 Å². The van der Waals surface area contributed by atoms with Gasteiger partial charge in [-0.25, -0.2) is 8.42 Å². The van der Waals surface area contributed by atoms with Gasteiger partial charge in [-0.1, -0.05) is 66.0 Å². The molecule has 0 aromatic heterocycles. The number of nitrogens with one attached hydrogen (secondary N) is 2. The van der Waals surface area contributed by atoms with Crippen molar-refractivity contribution in [3.63, 3.8) is 0 Å². The maximum Gasteiger partial charge on any atom is 0.264 e. The number of anilines is 2. The van der Waals surface area contributed by atoms with Gasteiger partial charge in [0.25, 0.3) is 15.9 Å². The minimum absolute atomic E-state index is 0.00278. The zero-order valence-electron chi connectivity index (χ0n) is 19.2. The molecule has 0 unspecified atom stereocenters. The van der Waals surface area contributed by atoms with Gasteiger partial charge in [0.1, 0.15) is 6.54 Å². The fourth-order valence-electron chi connectivity index (χ4n) is 3.27. The Morgan fingerprint density at radius 1 is 0.943 bits per heavy atom. The molecule has 0 saturated heterocycles. The molecule has 0 spiro atoms. The van der Waals surface area contributed by atoms with Crippen LogP contribution in [0.15, 0.2) is 71.6 Å². The standard InChI is InChI=1S/C25H25Cl2N3O4S/c1-3-15-28-25(32)19-7-4-5-9-21(19)29-23(31)16-30(22-10-6-8-20(26)24(22)27)35(33,34)18-13-11-17(2)12-14-18/h4-14H,3,15-16H2,1-2H3,(H,28,32)(H,29,31). The van der Waals surface area contributed by atoms with E-state index in [1.54, 1.807) is 42.5 Å². The summed E-state index contributed by atoms with van der Waals surface area (Å²) in [4.78, 5) is 25.6. The quantitative estimate of drug-likeness (QED) is 0.391. The van der Waals surface area contributed by atoms with E-state index >= 15 is 0 Å². The number of para-hydroxylation sites is 1. The van der Waals surface area contributed by atoms with Crippen molar-refractivity contribution in [2.75, 3.05) is 22.7 Å². The van der Waals surface area contributed by atoms with Crippen LogP contribution < -0.4 is 14.9 Å². The van der Waals surface area contributed by atoms with Crippen LogP contribution in [0, 0.1) is 6.92 Å². The molecule has 7 nitrogen and oxygen atoms in total. The van der Waals surface area contributed by atoms with Crippen LogP contribution in [0.1, 0.15) is 29.3 Å². The van der Waals surface area contributed by atoms with Crippen LogP contribution in [0.25, 0.3) is 0 Å². The molecule has 0 atom stereocenters. The van der Waals surface area contributed by atoms with E-state index in [1.165, 1.54) is 24.3 Å². The summed E-state index contributed by atoms with van der Waals surface area (Å²) in [6, 6.07) is 17.3. The number of halogens is 2. The Morgan fingerprint density at radius 3 is 2.31 bits per heavy atom. The van der Waals surface area contributed by atoms with Gasteiger partial charge in [0.2, 0.25) is 5.91 Å². The number of nitrogens with zero attached hydrogens (tertiary/aromatic N) is 1. The van der Waals surface area contributed by atoms with E-state index in [4.69, 9.17) is 23.2 Å². The SMILES string of the molecule is CCCNC(=O)c1ccccc1NC(=O)CN(c1cccc(Cl)c1Cl)S(=O)(=O)c1ccc(C)cc1. The van der Waals surface area contributed by atoms with E-state index in [0.29, 0.717) is 6.54 Å². The summed E-state index contributed by atoms with van der Waals surface area (Å²) in [5.74, 6) is -1.00. The molecule has 3 aromatic rings. The summed E-state index contributed by atoms with van der Waals surface area (Å²) in [5.41, 5.74) is 1.47. The Labute approximate surface area is 215 Å². The maximum absolute atomic E-state index is 13.6. The highest BCUT2D eigenvalue weighted by atomic mass is 35.5. The fourth-order valence-corrected chi connectivity index (χ4v) is 5.15. The molecule has 0 saturated carbocycles. The van der Waals surface area contributed by atoms with E-state index in [2.05, 4.69) is 10.6 Å². The molecular formula is C25H25Cl2N3O4S. The molecule has 2 amide bonds. The molecule has 0 aliphatic carbocycles. The summed E-state index contributed by atoms with van der Waals surface area (Å²) in [7, 11) is -4.19.